The van der Waals surface area contributed by atoms with Crippen LogP contribution in [-0.4, -0.2) is 20.7 Å². The predicted octanol–water partition coefficient (Wildman–Crippen LogP) is 4.13. The molecule has 1 saturated carbocycles. The zero-order valence-electron chi connectivity index (χ0n) is 15.0. The fourth-order valence-electron chi connectivity index (χ4n) is 5.24. The van der Waals surface area contributed by atoms with Gasteiger partial charge in [-0.25, -0.2) is 4.68 Å². The lowest BCUT2D eigenvalue weighted by Crippen LogP contribution is -2.53. The number of aliphatic hydroxyl groups excluding tert-OH is 1. The van der Waals surface area contributed by atoms with Crippen LogP contribution in [0.15, 0.2) is 48.4 Å². The summed E-state index contributed by atoms with van der Waals surface area (Å²) in [6, 6.07) is 10.1. The number of aryl methyl sites for hydroxylation is 1. The van der Waals surface area contributed by atoms with Crippen LogP contribution in [0.25, 0.3) is 5.69 Å². The van der Waals surface area contributed by atoms with Gasteiger partial charge < -0.3 is 5.11 Å². The topological polar surface area (TPSA) is 55.1 Å². The lowest BCUT2D eigenvalue weighted by molar-refractivity contribution is -0.131. The van der Waals surface area contributed by atoms with Crippen LogP contribution in [-0.2, 0) is 16.6 Å². The molecule has 0 radical (unpaired) electrons. The van der Waals surface area contributed by atoms with E-state index in [2.05, 4.69) is 24.2 Å². The molecule has 4 nitrogen and oxygen atoms in total. The average Bonchev–Trinajstić information content (AvgIpc) is 3.04. The molecule has 1 aromatic heterocycles. The van der Waals surface area contributed by atoms with E-state index in [1.54, 1.807) is 0 Å². The molecule has 4 heteroatoms. The van der Waals surface area contributed by atoms with Gasteiger partial charge in [0, 0.05) is 16.4 Å². The number of carbonyl (C=O) groups is 1. The standard InChI is InChI=1S/C21H24N2O2/c1-20(2)17-10-9-14-12-22-23(16-7-5-4-6-8-16)18(14)21(17,3)11-15(13-24)19(20)25/h4-8,12-13,17,24H,9-11H2,1-3H3/b15-13-/t17-,21-/m0/s1. The molecule has 1 heterocycles. The van der Waals surface area contributed by atoms with E-state index in [0.29, 0.717) is 12.0 Å². The Morgan fingerprint density at radius 3 is 2.64 bits per heavy atom. The second kappa shape index (κ2) is 5.32. The summed E-state index contributed by atoms with van der Waals surface area (Å²) < 4.78 is 2.03. The molecule has 0 spiro atoms. The van der Waals surface area contributed by atoms with Gasteiger partial charge in [-0.05, 0) is 42.9 Å². The number of para-hydroxylation sites is 1. The summed E-state index contributed by atoms with van der Waals surface area (Å²) in [5.74, 6) is 0.301. The highest BCUT2D eigenvalue weighted by molar-refractivity contribution is 6.01. The van der Waals surface area contributed by atoms with E-state index in [0.717, 1.165) is 24.8 Å². The molecule has 1 aromatic carbocycles. The van der Waals surface area contributed by atoms with Crippen LogP contribution in [0, 0.1) is 11.3 Å². The molecule has 1 fully saturated rings. The third-order valence-corrected chi connectivity index (χ3v) is 6.32. The Morgan fingerprint density at radius 1 is 1.24 bits per heavy atom. The van der Waals surface area contributed by atoms with E-state index >= 15 is 0 Å². The summed E-state index contributed by atoms with van der Waals surface area (Å²) >= 11 is 0. The molecule has 0 aliphatic heterocycles. The number of aromatic nitrogens is 2. The highest BCUT2D eigenvalue weighted by Gasteiger charge is 2.56. The molecule has 0 unspecified atom stereocenters. The van der Waals surface area contributed by atoms with Crippen molar-refractivity contribution in [3.63, 3.8) is 0 Å². The summed E-state index contributed by atoms with van der Waals surface area (Å²) in [7, 11) is 0. The Kier molecular flexibility index (Phi) is 3.43. The third-order valence-electron chi connectivity index (χ3n) is 6.32. The van der Waals surface area contributed by atoms with E-state index in [4.69, 9.17) is 0 Å². The first-order valence-electron chi connectivity index (χ1n) is 8.90. The highest BCUT2D eigenvalue weighted by Crippen LogP contribution is 2.57. The molecule has 1 N–H and O–H groups in total. The van der Waals surface area contributed by atoms with Gasteiger partial charge in [0.15, 0.2) is 5.78 Å². The number of fused-ring (bicyclic) bond motifs is 3. The van der Waals surface area contributed by atoms with Crippen LogP contribution in [0.4, 0.5) is 0 Å². The van der Waals surface area contributed by atoms with Crippen LogP contribution < -0.4 is 0 Å². The zero-order valence-corrected chi connectivity index (χ0v) is 15.0. The molecule has 130 valence electrons. The molecule has 0 amide bonds. The molecule has 0 saturated heterocycles. The van der Waals surface area contributed by atoms with Crippen molar-refractivity contribution < 1.29 is 9.90 Å². The number of hydrogen-bond acceptors (Lipinski definition) is 3. The van der Waals surface area contributed by atoms with Crippen molar-refractivity contribution in [3.05, 3.63) is 59.6 Å². The first kappa shape index (κ1) is 16.1. The maximum atomic E-state index is 12.8. The van der Waals surface area contributed by atoms with Crippen molar-refractivity contribution in [2.24, 2.45) is 11.3 Å². The SMILES string of the molecule is CC1(C)C(=O)/C(=C\O)C[C@]2(C)c3c(cnn3-c3ccccc3)CC[C@@H]12. The predicted molar refractivity (Wildman–Crippen MR) is 96.8 cm³/mol. The maximum absolute atomic E-state index is 12.8. The number of aliphatic hydroxyl groups is 1. The fourth-order valence-corrected chi connectivity index (χ4v) is 5.24. The summed E-state index contributed by atoms with van der Waals surface area (Å²) in [5.41, 5.74) is 3.28. The van der Waals surface area contributed by atoms with Gasteiger partial charge in [0.25, 0.3) is 0 Å². The third kappa shape index (κ3) is 2.13. The van der Waals surface area contributed by atoms with Gasteiger partial charge in [-0.2, -0.15) is 5.10 Å². The monoisotopic (exact) mass is 336 g/mol. The Balaban J connectivity index is 1.93. The lowest BCUT2D eigenvalue weighted by Gasteiger charge is -2.52. The van der Waals surface area contributed by atoms with Gasteiger partial charge in [-0.3, -0.25) is 4.79 Å². The summed E-state index contributed by atoms with van der Waals surface area (Å²) in [4.78, 5) is 12.8. The minimum absolute atomic E-state index is 0.0756. The summed E-state index contributed by atoms with van der Waals surface area (Å²) in [5, 5.41) is 14.3. The van der Waals surface area contributed by atoms with Crippen molar-refractivity contribution in [2.75, 3.05) is 0 Å². The maximum Gasteiger partial charge on any atom is 0.167 e. The van der Waals surface area contributed by atoms with Gasteiger partial charge in [-0.1, -0.05) is 39.0 Å². The van der Waals surface area contributed by atoms with Gasteiger partial charge in [0.05, 0.1) is 23.8 Å². The van der Waals surface area contributed by atoms with Gasteiger partial charge in [-0.15, -0.1) is 0 Å². The summed E-state index contributed by atoms with van der Waals surface area (Å²) in [6.07, 6.45) is 5.46. The van der Waals surface area contributed by atoms with Crippen LogP contribution in [0.5, 0.6) is 0 Å². The van der Waals surface area contributed by atoms with Gasteiger partial charge in [0.1, 0.15) is 0 Å². The molecule has 0 bridgehead atoms. The Morgan fingerprint density at radius 2 is 1.96 bits per heavy atom. The molecular weight excluding hydrogens is 312 g/mol. The van der Waals surface area contributed by atoms with E-state index in [9.17, 15) is 9.90 Å². The minimum Gasteiger partial charge on any atom is -0.515 e. The number of carbonyl (C=O) groups excluding carboxylic acids is 1. The van der Waals surface area contributed by atoms with Crippen molar-refractivity contribution in [2.45, 2.75) is 45.4 Å². The largest absolute Gasteiger partial charge is 0.515 e. The number of ketones is 1. The lowest BCUT2D eigenvalue weighted by atomic mass is 9.50. The van der Waals surface area contributed by atoms with Gasteiger partial charge in [0.2, 0.25) is 0 Å². The normalized spacial score (nSPS) is 29.3. The van der Waals surface area contributed by atoms with Crippen LogP contribution >= 0.6 is 0 Å². The van der Waals surface area contributed by atoms with Crippen LogP contribution in [0.3, 0.4) is 0 Å². The quantitative estimate of drug-likeness (QED) is 0.629. The molecule has 2 aliphatic rings. The highest BCUT2D eigenvalue weighted by atomic mass is 16.2. The molecule has 2 aliphatic carbocycles. The van der Waals surface area contributed by atoms with E-state index < -0.39 is 5.41 Å². The number of allylic oxidation sites excluding steroid dienone is 1. The molecule has 2 aromatic rings. The van der Waals surface area contributed by atoms with Crippen LogP contribution in [0.2, 0.25) is 0 Å². The van der Waals surface area contributed by atoms with Crippen molar-refractivity contribution in [1.82, 2.24) is 9.78 Å². The second-order valence-electron chi connectivity index (χ2n) is 8.16. The Labute approximate surface area is 148 Å². The number of nitrogens with zero attached hydrogens (tertiary/aromatic N) is 2. The summed E-state index contributed by atoms with van der Waals surface area (Å²) in [6.45, 7) is 6.28. The van der Waals surface area contributed by atoms with Crippen molar-refractivity contribution in [1.29, 1.82) is 0 Å². The van der Waals surface area contributed by atoms with Crippen molar-refractivity contribution in [3.8, 4) is 5.69 Å². The molecule has 4 rings (SSSR count). The number of benzene rings is 1. The van der Waals surface area contributed by atoms with Crippen LogP contribution in [0.1, 0.15) is 44.9 Å². The second-order valence-corrected chi connectivity index (χ2v) is 8.16. The molecular formula is C21H24N2O2. The van der Waals surface area contributed by atoms with E-state index in [1.165, 1.54) is 11.3 Å². The van der Waals surface area contributed by atoms with E-state index in [-0.39, 0.29) is 17.1 Å². The first-order chi connectivity index (χ1) is 11.9. The number of rotatable bonds is 1. The molecule has 2 atom stereocenters. The number of Topliss-reactive ketones (excluding diaryl/α,β-unsaturated/α-hetero) is 1. The smallest absolute Gasteiger partial charge is 0.167 e. The van der Waals surface area contributed by atoms with Gasteiger partial charge >= 0.3 is 0 Å². The Hall–Kier alpha value is -2.36. The first-order valence-corrected chi connectivity index (χ1v) is 8.90. The fraction of sp³-hybridized carbons (Fsp3) is 0.429. The number of hydrogen-bond donors (Lipinski definition) is 1. The molecule has 25 heavy (non-hydrogen) atoms. The average molecular weight is 336 g/mol. The minimum atomic E-state index is -0.495. The zero-order chi connectivity index (χ0) is 17.8. The van der Waals surface area contributed by atoms with Crippen molar-refractivity contribution >= 4 is 5.78 Å². The Bertz CT molecular complexity index is 863. The van der Waals surface area contributed by atoms with E-state index in [1.807, 2.05) is 42.9 Å².